The van der Waals surface area contributed by atoms with E-state index in [1.165, 1.54) is 11.1 Å². The average Bonchev–Trinajstić information content (AvgIpc) is 2.80. The third-order valence-electron chi connectivity index (χ3n) is 4.28. The van der Waals surface area contributed by atoms with E-state index in [0.29, 0.717) is 5.91 Å². The Morgan fingerprint density at radius 2 is 1.89 bits per heavy atom. The van der Waals surface area contributed by atoms with Crippen LogP contribution >= 0.6 is 0 Å². The first-order valence-corrected chi connectivity index (χ1v) is 7.16. The number of carbonyl (C=O) groups excluding carboxylic acids is 1. The largest absolute Gasteiger partial charge is 0.339 e. The quantitative estimate of drug-likeness (QED) is 0.830. The predicted molar refractivity (Wildman–Crippen MR) is 76.0 cm³/mol. The fourth-order valence-electron chi connectivity index (χ4n) is 3.32. The molecule has 1 N–H and O–H groups in total. The molecule has 1 aromatic rings. The minimum atomic E-state index is 0.0410. The SMILES string of the molecule is CC1(C)CN(C(=O)C2Cc3ccccc3C2)CCN1. The van der Waals surface area contributed by atoms with Gasteiger partial charge in [-0.3, -0.25) is 4.79 Å². The molecule has 1 aromatic carbocycles. The minimum absolute atomic E-state index is 0.0410. The van der Waals surface area contributed by atoms with E-state index >= 15 is 0 Å². The van der Waals surface area contributed by atoms with Crippen molar-refractivity contribution in [2.24, 2.45) is 5.92 Å². The van der Waals surface area contributed by atoms with Crippen LogP contribution in [0.25, 0.3) is 0 Å². The van der Waals surface area contributed by atoms with Crippen molar-refractivity contribution in [3.05, 3.63) is 35.4 Å². The molecular weight excluding hydrogens is 236 g/mol. The summed E-state index contributed by atoms with van der Waals surface area (Å²) >= 11 is 0. The van der Waals surface area contributed by atoms with E-state index in [4.69, 9.17) is 0 Å². The van der Waals surface area contributed by atoms with Gasteiger partial charge >= 0.3 is 0 Å². The standard InChI is InChI=1S/C16H22N2O/c1-16(2)11-18(8-7-17-16)15(19)14-9-12-5-3-4-6-13(12)10-14/h3-6,14,17H,7-11H2,1-2H3. The molecule has 2 aliphatic rings. The summed E-state index contributed by atoms with van der Waals surface area (Å²) in [5.41, 5.74) is 2.75. The molecule has 0 radical (unpaired) electrons. The number of benzene rings is 1. The van der Waals surface area contributed by atoms with Crippen LogP contribution < -0.4 is 5.32 Å². The molecule has 1 amide bonds. The van der Waals surface area contributed by atoms with Crippen molar-refractivity contribution in [3.63, 3.8) is 0 Å². The summed E-state index contributed by atoms with van der Waals surface area (Å²) in [4.78, 5) is 14.7. The predicted octanol–water partition coefficient (Wildman–Crippen LogP) is 1.61. The summed E-state index contributed by atoms with van der Waals surface area (Å²) in [5.74, 6) is 0.497. The first-order chi connectivity index (χ1) is 9.05. The summed E-state index contributed by atoms with van der Waals surface area (Å²) < 4.78 is 0. The van der Waals surface area contributed by atoms with E-state index in [1.54, 1.807) is 0 Å². The fraction of sp³-hybridized carbons (Fsp3) is 0.562. The monoisotopic (exact) mass is 258 g/mol. The van der Waals surface area contributed by atoms with Crippen LogP contribution in [0.5, 0.6) is 0 Å². The summed E-state index contributed by atoms with van der Waals surface area (Å²) in [5, 5.41) is 3.46. The van der Waals surface area contributed by atoms with E-state index < -0.39 is 0 Å². The van der Waals surface area contributed by atoms with E-state index in [0.717, 1.165) is 32.5 Å². The Labute approximate surface area is 115 Å². The topological polar surface area (TPSA) is 32.3 Å². The lowest BCUT2D eigenvalue weighted by atomic mass is 9.99. The molecule has 3 heteroatoms. The third-order valence-corrected chi connectivity index (χ3v) is 4.28. The molecule has 1 saturated heterocycles. The van der Waals surface area contributed by atoms with Gasteiger partial charge in [0.05, 0.1) is 0 Å². The molecule has 0 aromatic heterocycles. The second kappa shape index (κ2) is 4.64. The first-order valence-electron chi connectivity index (χ1n) is 7.16. The van der Waals surface area contributed by atoms with Gasteiger partial charge in [0.1, 0.15) is 0 Å². The van der Waals surface area contributed by atoms with Crippen molar-refractivity contribution < 1.29 is 4.79 Å². The van der Waals surface area contributed by atoms with Gasteiger partial charge < -0.3 is 10.2 Å². The number of piperazine rings is 1. The Bertz CT molecular complexity index is 470. The molecule has 0 saturated carbocycles. The number of hydrogen-bond donors (Lipinski definition) is 1. The van der Waals surface area contributed by atoms with E-state index in [-0.39, 0.29) is 11.5 Å². The van der Waals surface area contributed by atoms with Crippen LogP contribution in [-0.2, 0) is 17.6 Å². The number of carbonyl (C=O) groups is 1. The summed E-state index contributed by atoms with van der Waals surface area (Å²) in [6.45, 7) is 6.89. The molecule has 0 bridgehead atoms. The molecule has 3 rings (SSSR count). The average molecular weight is 258 g/mol. The van der Waals surface area contributed by atoms with Crippen LogP contribution in [0.1, 0.15) is 25.0 Å². The number of amides is 1. The second-order valence-electron chi connectivity index (χ2n) is 6.44. The van der Waals surface area contributed by atoms with Gasteiger partial charge in [0.15, 0.2) is 0 Å². The van der Waals surface area contributed by atoms with Crippen molar-refractivity contribution in [3.8, 4) is 0 Å². The van der Waals surface area contributed by atoms with Crippen LogP contribution in [0, 0.1) is 5.92 Å². The van der Waals surface area contributed by atoms with Crippen LogP contribution in [0.3, 0.4) is 0 Å². The van der Waals surface area contributed by atoms with Crippen LogP contribution in [0.4, 0.5) is 0 Å². The number of fused-ring (bicyclic) bond motifs is 1. The molecule has 19 heavy (non-hydrogen) atoms. The maximum atomic E-state index is 12.7. The van der Waals surface area contributed by atoms with Crippen molar-refractivity contribution in [2.45, 2.75) is 32.2 Å². The zero-order valence-electron chi connectivity index (χ0n) is 11.8. The lowest BCUT2D eigenvalue weighted by Crippen LogP contribution is -2.59. The lowest BCUT2D eigenvalue weighted by Gasteiger charge is -2.40. The van der Waals surface area contributed by atoms with Crippen molar-refractivity contribution >= 4 is 5.91 Å². The third kappa shape index (κ3) is 2.52. The van der Waals surface area contributed by atoms with Gasteiger partial charge in [-0.05, 0) is 37.8 Å². The summed E-state index contributed by atoms with van der Waals surface area (Å²) in [6.07, 6.45) is 1.83. The number of hydrogen-bond acceptors (Lipinski definition) is 2. The molecule has 1 aliphatic heterocycles. The van der Waals surface area contributed by atoms with E-state index in [9.17, 15) is 4.79 Å². The van der Waals surface area contributed by atoms with Crippen LogP contribution in [-0.4, -0.2) is 36.0 Å². The molecule has 1 heterocycles. The smallest absolute Gasteiger partial charge is 0.226 e. The van der Waals surface area contributed by atoms with Gasteiger partial charge in [-0.15, -0.1) is 0 Å². The highest BCUT2D eigenvalue weighted by Gasteiger charge is 2.34. The molecule has 102 valence electrons. The Morgan fingerprint density at radius 1 is 1.26 bits per heavy atom. The van der Waals surface area contributed by atoms with Gasteiger partial charge in [0, 0.05) is 31.1 Å². The van der Waals surface area contributed by atoms with Crippen molar-refractivity contribution in [1.29, 1.82) is 0 Å². The van der Waals surface area contributed by atoms with E-state index in [1.807, 2.05) is 4.90 Å². The van der Waals surface area contributed by atoms with Gasteiger partial charge in [-0.1, -0.05) is 24.3 Å². The maximum Gasteiger partial charge on any atom is 0.226 e. The molecule has 1 aliphatic carbocycles. The second-order valence-corrected chi connectivity index (χ2v) is 6.44. The summed E-state index contributed by atoms with van der Waals surface area (Å²) in [6, 6.07) is 8.45. The molecule has 0 spiro atoms. The number of nitrogens with zero attached hydrogens (tertiary/aromatic N) is 1. The zero-order valence-corrected chi connectivity index (χ0v) is 11.8. The van der Waals surface area contributed by atoms with Crippen LogP contribution in [0.2, 0.25) is 0 Å². The Kier molecular flexibility index (Phi) is 3.09. The van der Waals surface area contributed by atoms with Crippen molar-refractivity contribution in [2.75, 3.05) is 19.6 Å². The normalized spacial score (nSPS) is 22.3. The van der Waals surface area contributed by atoms with Crippen molar-refractivity contribution in [1.82, 2.24) is 10.2 Å². The Hall–Kier alpha value is -1.35. The minimum Gasteiger partial charge on any atom is -0.339 e. The molecule has 1 fully saturated rings. The van der Waals surface area contributed by atoms with Gasteiger partial charge in [0.25, 0.3) is 0 Å². The maximum absolute atomic E-state index is 12.7. The molecule has 0 atom stereocenters. The first kappa shape index (κ1) is 12.7. The fourth-order valence-corrected chi connectivity index (χ4v) is 3.32. The van der Waals surface area contributed by atoms with Gasteiger partial charge in [-0.2, -0.15) is 0 Å². The highest BCUT2D eigenvalue weighted by molar-refractivity contribution is 5.80. The van der Waals surface area contributed by atoms with Crippen LogP contribution in [0.15, 0.2) is 24.3 Å². The Morgan fingerprint density at radius 3 is 2.47 bits per heavy atom. The van der Waals surface area contributed by atoms with Gasteiger partial charge in [0.2, 0.25) is 5.91 Å². The number of nitrogens with one attached hydrogen (secondary N) is 1. The molecular formula is C16H22N2O. The lowest BCUT2D eigenvalue weighted by molar-refractivity contribution is -0.137. The summed E-state index contributed by atoms with van der Waals surface area (Å²) in [7, 11) is 0. The van der Waals surface area contributed by atoms with Gasteiger partial charge in [-0.25, -0.2) is 0 Å². The zero-order chi connectivity index (χ0) is 13.5. The highest BCUT2D eigenvalue weighted by atomic mass is 16.2. The Balaban J connectivity index is 1.70. The van der Waals surface area contributed by atoms with E-state index in [2.05, 4.69) is 43.4 Å². The molecule has 0 unspecified atom stereocenters. The highest BCUT2D eigenvalue weighted by Crippen LogP contribution is 2.28. The molecule has 3 nitrogen and oxygen atoms in total. The number of rotatable bonds is 1.